The Morgan fingerprint density at radius 1 is 1.27 bits per heavy atom. The van der Waals surface area contributed by atoms with Gasteiger partial charge < -0.3 is 14.4 Å². The number of anilines is 2. The van der Waals surface area contributed by atoms with Crippen LogP contribution in [0.5, 0.6) is 5.88 Å². The summed E-state index contributed by atoms with van der Waals surface area (Å²) in [6.07, 6.45) is 2.74. The molecule has 138 valence electrons. The van der Waals surface area contributed by atoms with Gasteiger partial charge in [-0.2, -0.15) is 10.1 Å². The number of nitrogens with zero attached hydrogens (tertiary/aromatic N) is 3. The van der Waals surface area contributed by atoms with Crippen LogP contribution in [-0.4, -0.2) is 44.1 Å². The summed E-state index contributed by atoms with van der Waals surface area (Å²) in [4.78, 5) is 6.79. The minimum Gasteiger partial charge on any atom is -0.478 e. The number of hydrogen-bond donors (Lipinski definition) is 1. The molecule has 2 aromatic rings. The molecular weight excluding hydrogens is 328 g/mol. The van der Waals surface area contributed by atoms with E-state index >= 15 is 0 Å². The van der Waals surface area contributed by atoms with Crippen LogP contribution >= 0.6 is 0 Å². The fraction of sp³-hybridized carbons (Fsp3) is 0.400. The van der Waals surface area contributed by atoms with Crippen LogP contribution in [0.1, 0.15) is 24.5 Å². The lowest BCUT2D eigenvalue weighted by Gasteiger charge is -2.29. The Bertz CT molecular complexity index is 742. The average Bonchev–Trinajstić information content (AvgIpc) is 2.67. The summed E-state index contributed by atoms with van der Waals surface area (Å²) in [6.45, 7) is 7.99. The quantitative estimate of drug-likeness (QED) is 0.609. The molecule has 1 N–H and O–H groups in total. The SMILES string of the molecule is CCCOc1cc(N2CCOCC2)cc(NN=Cc2cccc(C)c2)n1. The van der Waals surface area contributed by atoms with Gasteiger partial charge in [-0.05, 0) is 18.9 Å². The van der Waals surface area contributed by atoms with Gasteiger partial charge in [0.15, 0.2) is 5.82 Å². The van der Waals surface area contributed by atoms with Crippen molar-refractivity contribution in [3.63, 3.8) is 0 Å². The molecule has 0 atom stereocenters. The molecule has 6 heteroatoms. The molecule has 1 fully saturated rings. The first-order valence-corrected chi connectivity index (χ1v) is 9.08. The maximum atomic E-state index is 5.75. The lowest BCUT2D eigenvalue weighted by atomic mass is 10.2. The summed E-state index contributed by atoms with van der Waals surface area (Å²) in [5.74, 6) is 1.29. The highest BCUT2D eigenvalue weighted by molar-refractivity contribution is 5.80. The highest BCUT2D eigenvalue weighted by atomic mass is 16.5. The van der Waals surface area contributed by atoms with Gasteiger partial charge >= 0.3 is 0 Å². The van der Waals surface area contributed by atoms with E-state index in [1.54, 1.807) is 6.21 Å². The van der Waals surface area contributed by atoms with Crippen LogP contribution < -0.4 is 15.1 Å². The van der Waals surface area contributed by atoms with Gasteiger partial charge in [0.05, 0.1) is 26.0 Å². The van der Waals surface area contributed by atoms with Crippen molar-refractivity contribution < 1.29 is 9.47 Å². The second kappa shape index (κ2) is 9.20. The second-order valence-electron chi connectivity index (χ2n) is 6.28. The third-order valence-corrected chi connectivity index (χ3v) is 4.05. The van der Waals surface area contributed by atoms with Crippen molar-refractivity contribution >= 4 is 17.7 Å². The molecule has 0 amide bonds. The summed E-state index contributed by atoms with van der Waals surface area (Å²) in [7, 11) is 0. The predicted octanol–water partition coefficient (Wildman–Crippen LogP) is 3.46. The van der Waals surface area contributed by atoms with E-state index in [2.05, 4.69) is 46.4 Å². The fourth-order valence-electron chi connectivity index (χ4n) is 2.76. The van der Waals surface area contributed by atoms with E-state index in [4.69, 9.17) is 9.47 Å². The minimum absolute atomic E-state index is 0.615. The fourth-order valence-corrected chi connectivity index (χ4v) is 2.76. The first-order valence-electron chi connectivity index (χ1n) is 9.08. The van der Waals surface area contributed by atoms with Crippen molar-refractivity contribution in [2.75, 3.05) is 43.2 Å². The summed E-state index contributed by atoms with van der Waals surface area (Å²) in [6, 6.07) is 12.2. The van der Waals surface area contributed by atoms with Gasteiger partial charge in [-0.1, -0.05) is 36.8 Å². The molecule has 1 saturated heterocycles. The third kappa shape index (κ3) is 5.20. The minimum atomic E-state index is 0.615. The zero-order valence-corrected chi connectivity index (χ0v) is 15.4. The van der Waals surface area contributed by atoms with Crippen LogP contribution in [0.2, 0.25) is 0 Å². The molecule has 0 bridgehead atoms. The molecule has 0 aliphatic carbocycles. The molecule has 26 heavy (non-hydrogen) atoms. The molecular formula is C20H26N4O2. The predicted molar refractivity (Wildman–Crippen MR) is 105 cm³/mol. The molecule has 6 nitrogen and oxygen atoms in total. The monoisotopic (exact) mass is 354 g/mol. The highest BCUT2D eigenvalue weighted by Gasteiger charge is 2.14. The number of ether oxygens (including phenoxy) is 2. The number of rotatable bonds is 7. The Kier molecular flexibility index (Phi) is 6.44. The number of hydrazone groups is 1. The Labute approximate surface area is 154 Å². The van der Waals surface area contributed by atoms with E-state index in [9.17, 15) is 0 Å². The van der Waals surface area contributed by atoms with Gasteiger partial charge in [-0.25, -0.2) is 0 Å². The van der Waals surface area contributed by atoms with Crippen molar-refractivity contribution in [2.45, 2.75) is 20.3 Å². The van der Waals surface area contributed by atoms with Gasteiger partial charge in [-0.15, -0.1) is 0 Å². The topological polar surface area (TPSA) is 59.0 Å². The Morgan fingerprint density at radius 3 is 2.88 bits per heavy atom. The van der Waals surface area contributed by atoms with Crippen molar-refractivity contribution in [1.29, 1.82) is 0 Å². The number of nitrogens with one attached hydrogen (secondary N) is 1. The summed E-state index contributed by atoms with van der Waals surface area (Å²) in [5, 5.41) is 4.32. The molecule has 0 radical (unpaired) electrons. The van der Waals surface area contributed by atoms with Gasteiger partial charge in [0.1, 0.15) is 0 Å². The van der Waals surface area contributed by atoms with E-state index in [0.29, 0.717) is 18.3 Å². The van der Waals surface area contributed by atoms with Crippen LogP contribution in [0.3, 0.4) is 0 Å². The molecule has 1 aromatic heterocycles. The zero-order valence-electron chi connectivity index (χ0n) is 15.4. The Balaban J connectivity index is 1.75. The van der Waals surface area contributed by atoms with Gasteiger partial charge in [0.25, 0.3) is 0 Å². The molecule has 1 aromatic carbocycles. The number of aromatic nitrogens is 1. The first-order chi connectivity index (χ1) is 12.7. The van der Waals surface area contributed by atoms with Gasteiger partial charge in [0, 0.05) is 30.9 Å². The molecule has 3 rings (SSSR count). The number of morpholine rings is 1. The number of benzene rings is 1. The third-order valence-electron chi connectivity index (χ3n) is 4.05. The van der Waals surface area contributed by atoms with E-state index in [-0.39, 0.29) is 0 Å². The van der Waals surface area contributed by atoms with Crippen LogP contribution in [0.25, 0.3) is 0 Å². The molecule has 0 unspecified atom stereocenters. The Morgan fingerprint density at radius 2 is 2.12 bits per heavy atom. The number of hydrogen-bond acceptors (Lipinski definition) is 6. The van der Waals surface area contributed by atoms with Gasteiger partial charge in [-0.3, -0.25) is 5.43 Å². The van der Waals surface area contributed by atoms with Crippen LogP contribution in [-0.2, 0) is 4.74 Å². The summed E-state index contributed by atoms with van der Waals surface area (Å²) in [5.41, 5.74) is 6.35. The zero-order chi connectivity index (χ0) is 18.2. The van der Waals surface area contributed by atoms with Crippen molar-refractivity contribution in [1.82, 2.24) is 4.98 Å². The van der Waals surface area contributed by atoms with E-state index in [1.807, 2.05) is 24.3 Å². The second-order valence-corrected chi connectivity index (χ2v) is 6.28. The lowest BCUT2D eigenvalue weighted by molar-refractivity contribution is 0.122. The van der Waals surface area contributed by atoms with Crippen molar-refractivity contribution in [2.24, 2.45) is 5.10 Å². The number of aryl methyl sites for hydroxylation is 1. The summed E-state index contributed by atoms with van der Waals surface area (Å²) < 4.78 is 11.2. The number of pyridine rings is 1. The van der Waals surface area contributed by atoms with E-state index in [0.717, 1.165) is 44.0 Å². The normalized spacial score (nSPS) is 14.6. The maximum absolute atomic E-state index is 5.75. The molecule has 1 aliphatic rings. The average molecular weight is 354 g/mol. The van der Waals surface area contributed by atoms with E-state index < -0.39 is 0 Å². The van der Waals surface area contributed by atoms with Gasteiger partial charge in [0.2, 0.25) is 5.88 Å². The van der Waals surface area contributed by atoms with Crippen LogP contribution in [0, 0.1) is 6.92 Å². The highest BCUT2D eigenvalue weighted by Crippen LogP contribution is 2.25. The van der Waals surface area contributed by atoms with E-state index in [1.165, 1.54) is 5.56 Å². The molecule has 0 saturated carbocycles. The molecule has 1 aliphatic heterocycles. The van der Waals surface area contributed by atoms with Crippen LogP contribution in [0.4, 0.5) is 11.5 Å². The molecule has 0 spiro atoms. The standard InChI is InChI=1S/C20H26N4O2/c1-3-9-26-20-14-18(24-7-10-25-11-8-24)13-19(22-20)23-21-15-17-6-4-5-16(2)12-17/h4-6,12-15H,3,7-11H2,1-2H3,(H,22,23). The van der Waals surface area contributed by atoms with Crippen LogP contribution in [0.15, 0.2) is 41.5 Å². The van der Waals surface area contributed by atoms with Crippen molar-refractivity contribution in [3.8, 4) is 5.88 Å². The molecule has 2 heterocycles. The summed E-state index contributed by atoms with van der Waals surface area (Å²) >= 11 is 0. The maximum Gasteiger partial charge on any atom is 0.217 e. The van der Waals surface area contributed by atoms with Crippen molar-refractivity contribution in [3.05, 3.63) is 47.5 Å². The Hall–Kier alpha value is -2.60. The largest absolute Gasteiger partial charge is 0.478 e. The lowest BCUT2D eigenvalue weighted by Crippen LogP contribution is -2.36. The smallest absolute Gasteiger partial charge is 0.217 e. The first kappa shape index (κ1) is 18.2.